The predicted octanol–water partition coefficient (Wildman–Crippen LogP) is 1.82. The first-order chi connectivity index (χ1) is 12.1. The molecule has 1 aromatic carbocycles. The molecule has 0 bridgehead atoms. The number of hydrogen-bond acceptors (Lipinski definition) is 4. The summed E-state index contributed by atoms with van der Waals surface area (Å²) in [5.74, 6) is -0.320. The van der Waals surface area contributed by atoms with Gasteiger partial charge >= 0.3 is 0 Å². The number of nitrogens with zero attached hydrogens (tertiary/aromatic N) is 1. The fourth-order valence-electron chi connectivity index (χ4n) is 3.46. The maximum atomic E-state index is 13.2. The molecule has 1 aliphatic rings. The second kappa shape index (κ2) is 8.06. The Morgan fingerprint density at radius 2 is 1.69 bits per heavy atom. The molecule has 0 spiro atoms. The van der Waals surface area contributed by atoms with Gasteiger partial charge in [0.15, 0.2) is 0 Å². The third-order valence-corrected chi connectivity index (χ3v) is 7.56. The maximum Gasteiger partial charge on any atom is 0.243 e. The molecule has 146 valence electrons. The average Bonchev–Trinajstić information content (AvgIpc) is 2.60. The van der Waals surface area contributed by atoms with Crippen LogP contribution < -0.4 is 5.32 Å². The number of amides is 1. The van der Waals surface area contributed by atoms with Gasteiger partial charge in [0.2, 0.25) is 15.9 Å². The van der Waals surface area contributed by atoms with Crippen molar-refractivity contribution in [3.05, 3.63) is 28.3 Å². The van der Waals surface area contributed by atoms with Gasteiger partial charge in [-0.1, -0.05) is 6.07 Å². The minimum atomic E-state index is -3.58. The Hall–Kier alpha value is -1.44. The van der Waals surface area contributed by atoms with Gasteiger partial charge in [0.25, 0.3) is 0 Å². The standard InChI is InChI=1S/C19H30N2O4S/c1-12-10-13(2)16(5)18(15(12)4)26(24,25)21-8-6-17(7-9-21)19(23)20-14(3)11-22/h10,14,17,22H,6-9,11H2,1-5H3,(H,20,23)/t14-/m1/s1. The van der Waals surface area contributed by atoms with Crippen LogP contribution in [0.5, 0.6) is 0 Å². The Kier molecular flexibility index (Phi) is 6.47. The Labute approximate surface area is 156 Å². The quantitative estimate of drug-likeness (QED) is 0.813. The molecule has 0 radical (unpaired) electrons. The highest BCUT2D eigenvalue weighted by Gasteiger charge is 2.34. The fourth-order valence-corrected chi connectivity index (χ4v) is 5.51. The highest BCUT2D eigenvalue weighted by Crippen LogP contribution is 2.31. The monoisotopic (exact) mass is 382 g/mol. The Morgan fingerprint density at radius 1 is 1.19 bits per heavy atom. The molecule has 1 amide bonds. The Bertz CT molecular complexity index is 755. The largest absolute Gasteiger partial charge is 0.394 e. The van der Waals surface area contributed by atoms with Crippen LogP contribution in [-0.4, -0.2) is 49.5 Å². The first kappa shape index (κ1) is 20.9. The molecular formula is C19H30N2O4S. The second-order valence-corrected chi connectivity index (χ2v) is 9.23. The third-order valence-electron chi connectivity index (χ3n) is 5.38. The van der Waals surface area contributed by atoms with Crippen LogP contribution in [-0.2, 0) is 14.8 Å². The highest BCUT2D eigenvalue weighted by atomic mass is 32.2. The van der Waals surface area contributed by atoms with Gasteiger partial charge in [-0.05, 0) is 69.7 Å². The number of piperidine rings is 1. The SMILES string of the molecule is Cc1cc(C)c(C)c(S(=O)(=O)N2CCC(C(=O)N[C@H](C)CO)CC2)c1C. The molecule has 1 atom stereocenters. The van der Waals surface area contributed by atoms with E-state index in [0.29, 0.717) is 30.8 Å². The summed E-state index contributed by atoms with van der Waals surface area (Å²) >= 11 is 0. The van der Waals surface area contributed by atoms with Gasteiger partial charge in [0, 0.05) is 25.0 Å². The smallest absolute Gasteiger partial charge is 0.243 e. The second-order valence-electron chi connectivity index (χ2n) is 7.36. The lowest BCUT2D eigenvalue weighted by Crippen LogP contribution is -2.45. The lowest BCUT2D eigenvalue weighted by Gasteiger charge is -2.32. The van der Waals surface area contributed by atoms with Crippen molar-refractivity contribution in [3.63, 3.8) is 0 Å². The van der Waals surface area contributed by atoms with E-state index in [1.54, 1.807) is 6.92 Å². The molecule has 0 saturated carbocycles. The summed E-state index contributed by atoms with van der Waals surface area (Å²) < 4.78 is 28.0. The molecule has 2 N–H and O–H groups in total. The topological polar surface area (TPSA) is 86.7 Å². The van der Waals surface area contributed by atoms with Crippen molar-refractivity contribution in [3.8, 4) is 0 Å². The number of benzene rings is 1. The van der Waals surface area contributed by atoms with Gasteiger partial charge in [-0.3, -0.25) is 4.79 Å². The molecule has 0 aromatic heterocycles. The molecule has 0 aliphatic carbocycles. The molecule has 7 heteroatoms. The van der Waals surface area contributed by atoms with Crippen LogP contribution in [0.1, 0.15) is 42.0 Å². The Balaban J connectivity index is 2.18. The van der Waals surface area contributed by atoms with Crippen LogP contribution in [0.2, 0.25) is 0 Å². The first-order valence-corrected chi connectivity index (χ1v) is 10.5. The summed E-state index contributed by atoms with van der Waals surface area (Å²) in [6, 6.07) is 1.73. The summed E-state index contributed by atoms with van der Waals surface area (Å²) in [4.78, 5) is 12.6. The van der Waals surface area contributed by atoms with Crippen molar-refractivity contribution in [1.29, 1.82) is 0 Å². The van der Waals surface area contributed by atoms with Crippen LogP contribution in [0.4, 0.5) is 0 Å². The van der Waals surface area contributed by atoms with Gasteiger partial charge in [0.1, 0.15) is 0 Å². The first-order valence-electron chi connectivity index (χ1n) is 9.08. The van der Waals surface area contributed by atoms with Crippen LogP contribution >= 0.6 is 0 Å². The van der Waals surface area contributed by atoms with E-state index < -0.39 is 10.0 Å². The minimum Gasteiger partial charge on any atom is -0.394 e. The lowest BCUT2D eigenvalue weighted by atomic mass is 9.97. The molecule has 1 saturated heterocycles. The maximum absolute atomic E-state index is 13.2. The zero-order valence-electron chi connectivity index (χ0n) is 16.3. The number of sulfonamides is 1. The van der Waals surface area contributed by atoms with Crippen molar-refractivity contribution in [2.75, 3.05) is 19.7 Å². The molecule has 0 unspecified atom stereocenters. The lowest BCUT2D eigenvalue weighted by molar-refractivity contribution is -0.127. The van der Waals surface area contributed by atoms with Gasteiger partial charge in [-0.15, -0.1) is 0 Å². The number of aliphatic hydroxyl groups is 1. The highest BCUT2D eigenvalue weighted by molar-refractivity contribution is 7.89. The van der Waals surface area contributed by atoms with E-state index in [2.05, 4.69) is 5.32 Å². The summed E-state index contributed by atoms with van der Waals surface area (Å²) in [7, 11) is -3.58. The number of hydrogen-bond donors (Lipinski definition) is 2. The third kappa shape index (κ3) is 4.10. The number of nitrogens with one attached hydrogen (secondary N) is 1. The van der Waals surface area contributed by atoms with Crippen LogP contribution in [0, 0.1) is 33.6 Å². The fraction of sp³-hybridized carbons (Fsp3) is 0.632. The summed E-state index contributed by atoms with van der Waals surface area (Å²) in [6.45, 7) is 9.86. The molecule has 26 heavy (non-hydrogen) atoms. The number of carbonyl (C=O) groups is 1. The molecule has 1 fully saturated rings. The van der Waals surface area contributed by atoms with Crippen LogP contribution in [0.15, 0.2) is 11.0 Å². The number of carbonyl (C=O) groups excluding carboxylic acids is 1. The predicted molar refractivity (Wildman–Crippen MR) is 102 cm³/mol. The van der Waals surface area contributed by atoms with Crippen LogP contribution in [0.25, 0.3) is 0 Å². The van der Waals surface area contributed by atoms with E-state index in [-0.39, 0.29) is 24.5 Å². The number of aryl methyl sites for hydroxylation is 2. The molecule has 6 nitrogen and oxygen atoms in total. The van der Waals surface area contributed by atoms with E-state index in [1.165, 1.54) is 4.31 Å². The van der Waals surface area contributed by atoms with Gasteiger partial charge in [-0.2, -0.15) is 4.31 Å². The number of aliphatic hydroxyl groups excluding tert-OH is 1. The molecular weight excluding hydrogens is 352 g/mol. The number of rotatable bonds is 5. The van der Waals surface area contributed by atoms with Crippen molar-refractivity contribution in [2.45, 2.75) is 58.4 Å². The zero-order valence-corrected chi connectivity index (χ0v) is 17.1. The van der Waals surface area contributed by atoms with Gasteiger partial charge < -0.3 is 10.4 Å². The van der Waals surface area contributed by atoms with E-state index in [0.717, 1.165) is 22.3 Å². The molecule has 2 rings (SSSR count). The van der Waals surface area contributed by atoms with Gasteiger partial charge in [0.05, 0.1) is 11.5 Å². The van der Waals surface area contributed by atoms with E-state index >= 15 is 0 Å². The summed E-state index contributed by atoms with van der Waals surface area (Å²) in [6.07, 6.45) is 0.984. The van der Waals surface area contributed by atoms with Crippen molar-refractivity contribution < 1.29 is 18.3 Å². The minimum absolute atomic E-state index is 0.107. The van der Waals surface area contributed by atoms with E-state index in [1.807, 2.05) is 33.8 Å². The van der Waals surface area contributed by atoms with Crippen LogP contribution in [0.3, 0.4) is 0 Å². The van der Waals surface area contributed by atoms with Crippen molar-refractivity contribution >= 4 is 15.9 Å². The molecule has 1 aromatic rings. The normalized spacial score (nSPS) is 17.9. The van der Waals surface area contributed by atoms with Gasteiger partial charge in [-0.25, -0.2) is 8.42 Å². The van der Waals surface area contributed by atoms with Crippen molar-refractivity contribution in [2.24, 2.45) is 5.92 Å². The summed E-state index contributed by atoms with van der Waals surface area (Å²) in [5.41, 5.74) is 3.53. The summed E-state index contributed by atoms with van der Waals surface area (Å²) in [5, 5.41) is 11.8. The van der Waals surface area contributed by atoms with E-state index in [9.17, 15) is 13.2 Å². The average molecular weight is 383 g/mol. The van der Waals surface area contributed by atoms with Crippen molar-refractivity contribution in [1.82, 2.24) is 9.62 Å². The molecule has 1 heterocycles. The van der Waals surface area contributed by atoms with E-state index in [4.69, 9.17) is 5.11 Å². The molecule has 1 aliphatic heterocycles. The Morgan fingerprint density at radius 3 is 2.15 bits per heavy atom. The zero-order chi connectivity index (χ0) is 19.6.